The minimum atomic E-state index is -0.487. The topological polar surface area (TPSA) is 69.1 Å². The normalized spacial score (nSPS) is 10.0. The summed E-state index contributed by atoms with van der Waals surface area (Å²) in [6.07, 6.45) is 2.97. The highest BCUT2D eigenvalue weighted by molar-refractivity contribution is 5.98. The first-order valence-corrected chi connectivity index (χ1v) is 4.08. The number of benzene rings is 1. The number of oxazole rings is 1. The Morgan fingerprint density at radius 3 is 2.79 bits per heavy atom. The summed E-state index contributed by atoms with van der Waals surface area (Å²) >= 11 is 0. The van der Waals surface area contributed by atoms with Gasteiger partial charge in [-0.2, -0.15) is 0 Å². The largest absolute Gasteiger partial charge is 0.445 e. The molecule has 70 valence electrons. The molecule has 2 aromatic rings. The van der Waals surface area contributed by atoms with Crippen LogP contribution in [0.5, 0.6) is 0 Å². The van der Waals surface area contributed by atoms with Crippen LogP contribution in [0.1, 0.15) is 10.4 Å². The lowest BCUT2D eigenvalue weighted by atomic mass is 10.1. The van der Waals surface area contributed by atoms with Crippen molar-refractivity contribution < 1.29 is 9.21 Å². The summed E-state index contributed by atoms with van der Waals surface area (Å²) in [7, 11) is 0. The van der Waals surface area contributed by atoms with Gasteiger partial charge in [0, 0.05) is 5.56 Å². The van der Waals surface area contributed by atoms with E-state index in [1.165, 1.54) is 12.5 Å². The van der Waals surface area contributed by atoms with Gasteiger partial charge in [-0.15, -0.1) is 0 Å². The second-order valence-electron chi connectivity index (χ2n) is 2.75. The number of carbonyl (C=O) groups excluding carboxylic acids is 1. The zero-order valence-corrected chi connectivity index (χ0v) is 7.31. The van der Waals surface area contributed by atoms with E-state index in [1.807, 2.05) is 0 Å². The summed E-state index contributed by atoms with van der Waals surface area (Å²) in [6.45, 7) is 0. The lowest BCUT2D eigenvalue weighted by molar-refractivity contribution is 0.100. The Morgan fingerprint density at radius 1 is 1.36 bits per heavy atom. The Hall–Kier alpha value is -2.10. The summed E-state index contributed by atoms with van der Waals surface area (Å²) in [5.74, 6) is -0.0850. The van der Waals surface area contributed by atoms with Crippen LogP contribution in [0.4, 0.5) is 0 Å². The average Bonchev–Trinajstić information content (AvgIpc) is 2.70. The van der Waals surface area contributed by atoms with E-state index in [9.17, 15) is 4.79 Å². The molecule has 0 atom stereocenters. The van der Waals surface area contributed by atoms with E-state index in [1.54, 1.807) is 24.3 Å². The van der Waals surface area contributed by atoms with Crippen LogP contribution in [0.25, 0.3) is 11.5 Å². The van der Waals surface area contributed by atoms with Gasteiger partial charge in [0.1, 0.15) is 6.26 Å². The molecular weight excluding hydrogens is 180 g/mol. The fraction of sp³-hybridized carbons (Fsp3) is 0. The Labute approximate surface area is 80.4 Å². The maximum absolute atomic E-state index is 11.1. The number of aromatic nitrogens is 1. The molecule has 0 fully saturated rings. The summed E-state index contributed by atoms with van der Waals surface area (Å²) < 4.78 is 5.09. The lowest BCUT2D eigenvalue weighted by Gasteiger charge is -2.00. The number of hydrogen-bond acceptors (Lipinski definition) is 3. The smallest absolute Gasteiger partial charge is 0.249 e. The van der Waals surface area contributed by atoms with Crippen LogP contribution in [-0.4, -0.2) is 10.9 Å². The predicted molar refractivity (Wildman–Crippen MR) is 50.5 cm³/mol. The molecule has 14 heavy (non-hydrogen) atoms. The predicted octanol–water partition coefficient (Wildman–Crippen LogP) is 1.44. The molecule has 2 N–H and O–H groups in total. The molecule has 0 spiro atoms. The molecule has 0 saturated carbocycles. The highest BCUT2D eigenvalue weighted by atomic mass is 16.3. The van der Waals surface area contributed by atoms with Crippen molar-refractivity contribution in [1.82, 2.24) is 4.98 Å². The molecule has 4 nitrogen and oxygen atoms in total. The summed E-state index contributed by atoms with van der Waals surface area (Å²) in [6, 6.07) is 6.92. The number of nitrogens with two attached hydrogens (primary N) is 1. The summed E-state index contributed by atoms with van der Waals surface area (Å²) in [5.41, 5.74) is 6.24. The number of rotatable bonds is 2. The minimum absolute atomic E-state index is 0.402. The number of carbonyl (C=O) groups is 1. The number of nitrogens with zero attached hydrogens (tertiary/aromatic N) is 1. The van der Waals surface area contributed by atoms with E-state index in [-0.39, 0.29) is 0 Å². The zero-order valence-electron chi connectivity index (χ0n) is 7.31. The van der Waals surface area contributed by atoms with Gasteiger partial charge in [0.25, 0.3) is 0 Å². The highest BCUT2D eigenvalue weighted by Crippen LogP contribution is 2.20. The Kier molecular flexibility index (Phi) is 2.02. The SMILES string of the molecule is NC(=O)c1ccccc1-c1ncco1. The van der Waals surface area contributed by atoms with Crippen molar-refractivity contribution in [3.63, 3.8) is 0 Å². The third-order valence-corrected chi connectivity index (χ3v) is 1.86. The third-order valence-electron chi connectivity index (χ3n) is 1.86. The van der Waals surface area contributed by atoms with Crippen molar-refractivity contribution >= 4 is 5.91 Å². The summed E-state index contributed by atoms with van der Waals surface area (Å²) in [4.78, 5) is 15.0. The fourth-order valence-electron chi connectivity index (χ4n) is 1.24. The van der Waals surface area contributed by atoms with Crippen molar-refractivity contribution in [3.8, 4) is 11.5 Å². The molecule has 1 amide bonds. The minimum Gasteiger partial charge on any atom is -0.445 e. The molecule has 0 aliphatic rings. The Bertz CT molecular complexity index is 449. The average molecular weight is 188 g/mol. The van der Waals surface area contributed by atoms with E-state index in [2.05, 4.69) is 4.98 Å². The molecule has 1 aromatic carbocycles. The van der Waals surface area contributed by atoms with Crippen molar-refractivity contribution in [1.29, 1.82) is 0 Å². The fourth-order valence-corrected chi connectivity index (χ4v) is 1.24. The maximum Gasteiger partial charge on any atom is 0.249 e. The van der Waals surface area contributed by atoms with Gasteiger partial charge < -0.3 is 10.2 Å². The zero-order chi connectivity index (χ0) is 9.97. The first-order valence-electron chi connectivity index (χ1n) is 4.08. The van der Waals surface area contributed by atoms with Gasteiger partial charge in [-0.1, -0.05) is 12.1 Å². The van der Waals surface area contributed by atoms with Crippen LogP contribution < -0.4 is 5.73 Å². The van der Waals surface area contributed by atoms with Gasteiger partial charge in [-0.25, -0.2) is 4.98 Å². The van der Waals surface area contributed by atoms with Crippen molar-refractivity contribution in [2.24, 2.45) is 5.73 Å². The van der Waals surface area contributed by atoms with Gasteiger partial charge in [-0.3, -0.25) is 4.79 Å². The second kappa shape index (κ2) is 3.33. The molecule has 4 heteroatoms. The van der Waals surface area contributed by atoms with E-state index in [0.717, 1.165) is 0 Å². The number of primary amides is 1. The van der Waals surface area contributed by atoms with Gasteiger partial charge in [-0.05, 0) is 12.1 Å². The third kappa shape index (κ3) is 1.37. The first-order chi connectivity index (χ1) is 6.79. The van der Waals surface area contributed by atoms with Crippen molar-refractivity contribution in [2.45, 2.75) is 0 Å². The summed E-state index contributed by atoms with van der Waals surface area (Å²) in [5, 5.41) is 0. The van der Waals surface area contributed by atoms with Gasteiger partial charge in [0.2, 0.25) is 11.8 Å². The van der Waals surface area contributed by atoms with Crippen LogP contribution in [0.15, 0.2) is 41.1 Å². The first kappa shape index (κ1) is 8.50. The van der Waals surface area contributed by atoms with E-state index in [0.29, 0.717) is 17.0 Å². The van der Waals surface area contributed by atoms with Gasteiger partial charge in [0.05, 0.1) is 11.8 Å². The monoisotopic (exact) mass is 188 g/mol. The molecule has 1 aromatic heterocycles. The maximum atomic E-state index is 11.1. The van der Waals surface area contributed by atoms with Crippen LogP contribution in [0.2, 0.25) is 0 Å². The van der Waals surface area contributed by atoms with E-state index in [4.69, 9.17) is 10.2 Å². The highest BCUT2D eigenvalue weighted by Gasteiger charge is 2.11. The van der Waals surface area contributed by atoms with Crippen molar-refractivity contribution in [3.05, 3.63) is 42.3 Å². The molecule has 0 radical (unpaired) electrons. The van der Waals surface area contributed by atoms with Crippen molar-refractivity contribution in [2.75, 3.05) is 0 Å². The quantitative estimate of drug-likeness (QED) is 0.775. The molecule has 0 aliphatic carbocycles. The Morgan fingerprint density at radius 2 is 2.14 bits per heavy atom. The second-order valence-corrected chi connectivity index (χ2v) is 2.75. The number of amides is 1. The van der Waals surface area contributed by atoms with E-state index < -0.39 is 5.91 Å². The molecule has 1 heterocycles. The Balaban J connectivity index is 2.58. The molecule has 0 aliphatic heterocycles. The number of hydrogen-bond donors (Lipinski definition) is 1. The van der Waals surface area contributed by atoms with Crippen LogP contribution >= 0.6 is 0 Å². The molecule has 2 rings (SSSR count). The van der Waals surface area contributed by atoms with E-state index >= 15 is 0 Å². The van der Waals surface area contributed by atoms with Crippen LogP contribution in [0, 0.1) is 0 Å². The lowest BCUT2D eigenvalue weighted by Crippen LogP contribution is -2.12. The van der Waals surface area contributed by atoms with Gasteiger partial charge in [0.15, 0.2) is 0 Å². The standard InChI is InChI=1S/C10H8N2O2/c11-9(13)7-3-1-2-4-8(7)10-12-5-6-14-10/h1-6H,(H2,11,13). The van der Waals surface area contributed by atoms with Gasteiger partial charge >= 0.3 is 0 Å². The molecule has 0 unspecified atom stereocenters. The molecule has 0 bridgehead atoms. The molecular formula is C10H8N2O2. The van der Waals surface area contributed by atoms with Crippen LogP contribution in [-0.2, 0) is 0 Å². The van der Waals surface area contributed by atoms with Crippen LogP contribution in [0.3, 0.4) is 0 Å². The molecule has 0 saturated heterocycles.